The second-order valence-electron chi connectivity index (χ2n) is 5.60. The van der Waals surface area contributed by atoms with Gasteiger partial charge in [-0.3, -0.25) is 15.0 Å². The van der Waals surface area contributed by atoms with E-state index in [2.05, 4.69) is 14.9 Å². The Hall–Kier alpha value is -2.58. The van der Waals surface area contributed by atoms with Gasteiger partial charge in [0.25, 0.3) is 0 Å². The minimum atomic E-state index is -0.519. The average Bonchev–Trinajstić information content (AvgIpc) is 3.26. The number of furan rings is 1. The van der Waals surface area contributed by atoms with Crippen LogP contribution in [-0.4, -0.2) is 26.3 Å². The molecular weight excluding hydrogens is 328 g/mol. The average molecular weight is 342 g/mol. The van der Waals surface area contributed by atoms with Crippen molar-refractivity contribution in [2.45, 2.75) is 19.5 Å². The number of aromatic nitrogens is 2. The van der Waals surface area contributed by atoms with Gasteiger partial charge in [-0.2, -0.15) is 0 Å². The molecule has 0 radical (unpaired) electrons. The molecule has 0 atom stereocenters. The predicted molar refractivity (Wildman–Crippen MR) is 88.5 cm³/mol. The Labute approximate surface area is 141 Å². The van der Waals surface area contributed by atoms with E-state index in [1.165, 1.54) is 6.07 Å². The number of rotatable bonds is 4. The van der Waals surface area contributed by atoms with Gasteiger partial charge in [0.05, 0.1) is 23.2 Å². The van der Waals surface area contributed by atoms with Gasteiger partial charge in [0, 0.05) is 31.3 Å². The van der Waals surface area contributed by atoms with E-state index >= 15 is 0 Å². The van der Waals surface area contributed by atoms with Crippen LogP contribution in [0.15, 0.2) is 40.3 Å². The highest BCUT2D eigenvalue weighted by Gasteiger charge is 2.21. The molecule has 3 aromatic heterocycles. The van der Waals surface area contributed by atoms with Crippen LogP contribution in [0.2, 0.25) is 0 Å². The van der Waals surface area contributed by atoms with Gasteiger partial charge in [-0.15, -0.1) is 11.3 Å². The molecule has 0 saturated carbocycles. The minimum absolute atomic E-state index is 0.216. The van der Waals surface area contributed by atoms with E-state index in [1.807, 2.05) is 23.7 Å². The van der Waals surface area contributed by atoms with E-state index in [0.717, 1.165) is 34.9 Å². The molecule has 0 bridgehead atoms. The fourth-order valence-electron chi connectivity index (χ4n) is 2.80. The van der Waals surface area contributed by atoms with Crippen LogP contribution in [0.4, 0.5) is 5.88 Å². The van der Waals surface area contributed by atoms with Gasteiger partial charge < -0.3 is 4.42 Å². The maximum absolute atomic E-state index is 10.7. The fourth-order valence-corrected chi connectivity index (χ4v) is 3.47. The zero-order valence-electron chi connectivity index (χ0n) is 12.7. The van der Waals surface area contributed by atoms with Gasteiger partial charge >= 0.3 is 5.88 Å². The Balaban J connectivity index is 1.48. The number of nitro groups is 1. The van der Waals surface area contributed by atoms with Gasteiger partial charge in [-0.1, -0.05) is 6.07 Å². The zero-order chi connectivity index (χ0) is 16.5. The first kappa shape index (κ1) is 15.0. The van der Waals surface area contributed by atoms with E-state index in [4.69, 9.17) is 4.42 Å². The van der Waals surface area contributed by atoms with Crippen LogP contribution in [-0.2, 0) is 19.5 Å². The molecule has 3 aromatic rings. The van der Waals surface area contributed by atoms with E-state index in [0.29, 0.717) is 18.8 Å². The van der Waals surface area contributed by atoms with Crippen molar-refractivity contribution in [3.05, 3.63) is 63.0 Å². The molecule has 0 fully saturated rings. The van der Waals surface area contributed by atoms with E-state index in [9.17, 15) is 10.1 Å². The van der Waals surface area contributed by atoms with Crippen LogP contribution in [0.3, 0.4) is 0 Å². The Morgan fingerprint density at radius 3 is 3.04 bits per heavy atom. The number of thiophene rings is 1. The molecule has 7 nitrogen and oxygen atoms in total. The summed E-state index contributed by atoms with van der Waals surface area (Å²) in [6.07, 6.45) is 2.72. The van der Waals surface area contributed by atoms with Crippen molar-refractivity contribution in [1.82, 2.24) is 14.9 Å². The van der Waals surface area contributed by atoms with Crippen LogP contribution in [0.25, 0.3) is 10.7 Å². The molecule has 1 aliphatic heterocycles. The van der Waals surface area contributed by atoms with Gasteiger partial charge in [-0.25, -0.2) is 9.97 Å². The summed E-state index contributed by atoms with van der Waals surface area (Å²) in [7, 11) is 0. The first-order chi connectivity index (χ1) is 11.7. The van der Waals surface area contributed by atoms with Crippen molar-refractivity contribution >= 4 is 17.2 Å². The predicted octanol–water partition coefficient (Wildman–Crippen LogP) is 3.26. The number of hydrogen-bond acceptors (Lipinski definition) is 7. The Bertz CT molecular complexity index is 875. The lowest BCUT2D eigenvalue weighted by molar-refractivity contribution is -0.402. The summed E-state index contributed by atoms with van der Waals surface area (Å²) in [6, 6.07) is 7.06. The fraction of sp³-hybridized carbons (Fsp3) is 0.250. The number of nitrogens with zero attached hydrogens (tertiary/aromatic N) is 4. The van der Waals surface area contributed by atoms with Crippen molar-refractivity contribution in [1.29, 1.82) is 0 Å². The smallest absolute Gasteiger partial charge is 0.404 e. The molecule has 4 heterocycles. The second kappa shape index (κ2) is 6.14. The normalized spacial score (nSPS) is 14.5. The van der Waals surface area contributed by atoms with Crippen LogP contribution in [0, 0.1) is 10.1 Å². The first-order valence-corrected chi connectivity index (χ1v) is 8.41. The zero-order valence-corrected chi connectivity index (χ0v) is 13.5. The maximum atomic E-state index is 10.7. The summed E-state index contributed by atoms with van der Waals surface area (Å²) in [6.45, 7) is 2.09. The summed E-state index contributed by atoms with van der Waals surface area (Å²) < 4.78 is 5.23. The standard InChI is InChI=1S/C16H14N4O3S/c21-20(22)15-4-3-12(23-15)10-19-6-5-13-11(9-19)8-17-16(18-13)14-2-1-7-24-14/h1-4,7-8H,5-6,9-10H2. The summed E-state index contributed by atoms with van der Waals surface area (Å²) in [5.41, 5.74) is 2.18. The SMILES string of the molecule is O=[N+]([O-])c1ccc(CN2CCc3nc(-c4cccs4)ncc3C2)o1. The van der Waals surface area contributed by atoms with Crippen LogP contribution in [0.5, 0.6) is 0 Å². The lowest BCUT2D eigenvalue weighted by Gasteiger charge is -2.27. The third-order valence-electron chi connectivity index (χ3n) is 3.96. The highest BCUT2D eigenvalue weighted by molar-refractivity contribution is 7.13. The molecular formula is C16H14N4O3S. The van der Waals surface area contributed by atoms with Crippen LogP contribution in [0.1, 0.15) is 17.0 Å². The summed E-state index contributed by atoms with van der Waals surface area (Å²) in [4.78, 5) is 22.6. The van der Waals surface area contributed by atoms with Crippen molar-refractivity contribution in [3.63, 3.8) is 0 Å². The van der Waals surface area contributed by atoms with Gasteiger partial charge in [0.2, 0.25) is 0 Å². The van der Waals surface area contributed by atoms with Crippen LogP contribution >= 0.6 is 11.3 Å². The van der Waals surface area contributed by atoms with E-state index in [1.54, 1.807) is 17.4 Å². The topological polar surface area (TPSA) is 85.3 Å². The molecule has 4 rings (SSSR count). The molecule has 24 heavy (non-hydrogen) atoms. The Kier molecular flexibility index (Phi) is 3.83. The minimum Gasteiger partial charge on any atom is -0.404 e. The molecule has 0 unspecified atom stereocenters. The van der Waals surface area contributed by atoms with Crippen LogP contribution < -0.4 is 0 Å². The third-order valence-corrected chi connectivity index (χ3v) is 4.83. The molecule has 122 valence electrons. The monoisotopic (exact) mass is 342 g/mol. The van der Waals surface area contributed by atoms with Crippen molar-refractivity contribution in [2.24, 2.45) is 0 Å². The first-order valence-electron chi connectivity index (χ1n) is 7.53. The number of fused-ring (bicyclic) bond motifs is 1. The highest BCUT2D eigenvalue weighted by Crippen LogP contribution is 2.25. The molecule has 0 spiro atoms. The molecule has 8 heteroatoms. The Morgan fingerprint density at radius 2 is 2.29 bits per heavy atom. The number of hydrogen-bond donors (Lipinski definition) is 0. The van der Waals surface area contributed by atoms with E-state index in [-0.39, 0.29) is 5.88 Å². The third kappa shape index (κ3) is 2.93. The van der Waals surface area contributed by atoms with E-state index < -0.39 is 4.92 Å². The quantitative estimate of drug-likeness (QED) is 0.534. The van der Waals surface area contributed by atoms with Crippen molar-refractivity contribution in [3.8, 4) is 10.7 Å². The molecule has 0 aromatic carbocycles. The Morgan fingerprint density at radius 1 is 1.38 bits per heavy atom. The summed E-state index contributed by atoms with van der Waals surface area (Å²) >= 11 is 1.63. The lowest BCUT2D eigenvalue weighted by Crippen LogP contribution is -2.30. The summed E-state index contributed by atoms with van der Waals surface area (Å²) in [5, 5.41) is 12.7. The maximum Gasteiger partial charge on any atom is 0.433 e. The molecule has 0 aliphatic carbocycles. The highest BCUT2D eigenvalue weighted by atomic mass is 32.1. The van der Waals surface area contributed by atoms with Crippen molar-refractivity contribution in [2.75, 3.05) is 6.54 Å². The largest absolute Gasteiger partial charge is 0.433 e. The van der Waals surface area contributed by atoms with Gasteiger partial charge in [0.15, 0.2) is 5.82 Å². The lowest BCUT2D eigenvalue weighted by atomic mass is 10.1. The molecule has 0 saturated heterocycles. The van der Waals surface area contributed by atoms with Gasteiger partial charge in [-0.05, 0) is 17.5 Å². The molecule has 1 aliphatic rings. The van der Waals surface area contributed by atoms with Crippen molar-refractivity contribution < 1.29 is 9.34 Å². The molecule has 0 amide bonds. The summed E-state index contributed by atoms with van der Waals surface area (Å²) in [5.74, 6) is 1.16. The second-order valence-corrected chi connectivity index (χ2v) is 6.55. The molecule has 0 N–H and O–H groups in total. The van der Waals surface area contributed by atoms with Gasteiger partial charge in [0.1, 0.15) is 10.7 Å².